The van der Waals surface area contributed by atoms with Crippen molar-refractivity contribution in [2.75, 3.05) is 13.2 Å². The van der Waals surface area contributed by atoms with Crippen molar-refractivity contribution in [3.05, 3.63) is 35.9 Å². The standard InChI is InChI=1S/C24H36Cl3NO7Si/c1-14(2)23(3,4)36(5,6)35-21-17(28-22(30)32-13-24(25,26)27)18(29)19-16(33-21)12-31-20(34-19)15-10-8-7-9-11-15/h7-11,14,16-21,29H,12-13H2,1-6H3,(H,28,30)/t16-,17-,18-,19-,20?,21+/m1/s1. The van der Waals surface area contributed by atoms with E-state index in [0.29, 0.717) is 5.92 Å². The summed E-state index contributed by atoms with van der Waals surface area (Å²) in [6.45, 7) is 12.5. The first kappa shape index (κ1) is 29.9. The summed E-state index contributed by atoms with van der Waals surface area (Å²) < 4.78 is 28.1. The van der Waals surface area contributed by atoms with E-state index in [4.69, 9.17) is 58.2 Å². The number of amides is 1. The molecule has 0 saturated carbocycles. The molecule has 3 rings (SSSR count). The fraction of sp³-hybridized carbons (Fsp3) is 0.708. The fourth-order valence-electron chi connectivity index (χ4n) is 4.09. The Morgan fingerprint density at radius 1 is 1.19 bits per heavy atom. The maximum Gasteiger partial charge on any atom is 0.407 e. The number of aliphatic hydroxyl groups is 1. The Kier molecular flexibility index (Phi) is 9.67. The average Bonchev–Trinajstić information content (AvgIpc) is 2.79. The van der Waals surface area contributed by atoms with E-state index in [2.05, 4.69) is 46.1 Å². The van der Waals surface area contributed by atoms with Crippen LogP contribution in [0.3, 0.4) is 0 Å². The predicted molar refractivity (Wildman–Crippen MR) is 141 cm³/mol. The number of carbonyl (C=O) groups excluding carboxylic acids is 1. The topological polar surface area (TPSA) is 95.5 Å². The van der Waals surface area contributed by atoms with Gasteiger partial charge in [0.1, 0.15) is 31.0 Å². The lowest BCUT2D eigenvalue weighted by molar-refractivity contribution is -0.335. The molecule has 2 N–H and O–H groups in total. The number of benzene rings is 1. The number of hydrogen-bond acceptors (Lipinski definition) is 7. The number of alkyl halides is 3. The third kappa shape index (κ3) is 7.06. The molecule has 12 heteroatoms. The minimum absolute atomic E-state index is 0.142. The molecular formula is C24H36Cl3NO7Si. The van der Waals surface area contributed by atoms with Gasteiger partial charge in [0.05, 0.1) is 6.61 Å². The molecule has 2 heterocycles. The Bertz CT molecular complexity index is 884. The van der Waals surface area contributed by atoms with E-state index in [1.54, 1.807) is 0 Å². The maximum atomic E-state index is 12.6. The molecule has 8 nitrogen and oxygen atoms in total. The van der Waals surface area contributed by atoms with Crippen molar-refractivity contribution in [1.29, 1.82) is 0 Å². The van der Waals surface area contributed by atoms with E-state index in [1.807, 2.05) is 30.3 Å². The lowest BCUT2D eigenvalue weighted by atomic mass is 9.96. The highest BCUT2D eigenvalue weighted by Crippen LogP contribution is 2.46. The number of carbonyl (C=O) groups is 1. The maximum absolute atomic E-state index is 12.6. The van der Waals surface area contributed by atoms with Crippen molar-refractivity contribution in [3.63, 3.8) is 0 Å². The molecule has 0 spiro atoms. The van der Waals surface area contributed by atoms with E-state index in [0.717, 1.165) is 5.56 Å². The third-order valence-electron chi connectivity index (χ3n) is 7.49. The number of aliphatic hydroxyl groups excluding tert-OH is 1. The van der Waals surface area contributed by atoms with E-state index in [-0.39, 0.29) is 11.6 Å². The summed E-state index contributed by atoms with van der Waals surface area (Å²) in [5.41, 5.74) is 0.806. The largest absolute Gasteiger partial charge is 0.445 e. The molecule has 0 aliphatic carbocycles. The van der Waals surface area contributed by atoms with E-state index in [9.17, 15) is 9.90 Å². The summed E-state index contributed by atoms with van der Waals surface area (Å²) in [5, 5.41) is 13.9. The van der Waals surface area contributed by atoms with Crippen LogP contribution in [0.25, 0.3) is 0 Å². The van der Waals surface area contributed by atoms with Crippen LogP contribution in [0.2, 0.25) is 18.1 Å². The van der Waals surface area contributed by atoms with Gasteiger partial charge in [-0.05, 0) is 24.1 Å². The molecule has 2 saturated heterocycles. The SMILES string of the molecule is CC(C)C(C)(C)[Si](C)(C)O[C@@H]1O[C@@H]2COC(c3ccccc3)O[C@H]2[C@H](O)[C@H]1NC(=O)OCC(Cl)(Cl)Cl. The molecular weight excluding hydrogens is 549 g/mol. The monoisotopic (exact) mass is 583 g/mol. The molecule has 204 valence electrons. The molecule has 2 aliphatic heterocycles. The number of nitrogens with one attached hydrogen (secondary N) is 1. The molecule has 2 aliphatic rings. The van der Waals surface area contributed by atoms with Crippen molar-refractivity contribution in [2.45, 2.75) is 86.6 Å². The van der Waals surface area contributed by atoms with Crippen LogP contribution in [0.4, 0.5) is 4.79 Å². The van der Waals surface area contributed by atoms with Gasteiger partial charge in [-0.15, -0.1) is 0 Å². The predicted octanol–water partition coefficient (Wildman–Crippen LogP) is 5.31. The van der Waals surface area contributed by atoms with Crippen LogP contribution in [0, 0.1) is 5.92 Å². The highest BCUT2D eigenvalue weighted by atomic mass is 35.6. The van der Waals surface area contributed by atoms with Crippen LogP contribution in [0.1, 0.15) is 39.5 Å². The first-order valence-corrected chi connectivity index (χ1v) is 16.0. The fourth-order valence-corrected chi connectivity index (χ4v) is 6.73. The zero-order valence-corrected chi connectivity index (χ0v) is 24.6. The Morgan fingerprint density at radius 3 is 2.42 bits per heavy atom. The van der Waals surface area contributed by atoms with Crippen LogP contribution >= 0.6 is 34.8 Å². The third-order valence-corrected chi connectivity index (χ3v) is 12.3. The molecule has 1 unspecified atom stereocenters. The second-order valence-electron chi connectivity index (χ2n) is 10.6. The molecule has 0 bridgehead atoms. The molecule has 2 fully saturated rings. The number of fused-ring (bicyclic) bond motifs is 1. The molecule has 1 amide bonds. The lowest BCUT2D eigenvalue weighted by Crippen LogP contribution is -2.68. The summed E-state index contributed by atoms with van der Waals surface area (Å²) in [4.78, 5) is 12.6. The van der Waals surface area contributed by atoms with Crippen molar-refractivity contribution in [1.82, 2.24) is 5.32 Å². The molecule has 0 aromatic heterocycles. The minimum Gasteiger partial charge on any atom is -0.445 e. The normalized spacial score (nSPS) is 29.5. The summed E-state index contributed by atoms with van der Waals surface area (Å²) in [6.07, 6.45) is -5.11. The molecule has 6 atom stereocenters. The van der Waals surface area contributed by atoms with Crippen LogP contribution in [-0.2, 0) is 23.4 Å². The van der Waals surface area contributed by atoms with Crippen molar-refractivity contribution < 1.29 is 33.3 Å². The van der Waals surface area contributed by atoms with Gasteiger partial charge >= 0.3 is 6.09 Å². The van der Waals surface area contributed by atoms with E-state index < -0.39 is 61.7 Å². The summed E-state index contributed by atoms with van der Waals surface area (Å²) in [6, 6.07) is 8.39. The second kappa shape index (κ2) is 11.6. The van der Waals surface area contributed by atoms with Gasteiger partial charge in [0.2, 0.25) is 3.79 Å². The number of halogens is 3. The van der Waals surface area contributed by atoms with Gasteiger partial charge in [-0.3, -0.25) is 0 Å². The van der Waals surface area contributed by atoms with Gasteiger partial charge in [-0.1, -0.05) is 92.8 Å². The Balaban J connectivity index is 1.83. The number of rotatable bonds is 7. The Morgan fingerprint density at radius 2 is 1.83 bits per heavy atom. The van der Waals surface area contributed by atoms with E-state index >= 15 is 0 Å². The van der Waals surface area contributed by atoms with Crippen molar-refractivity contribution in [2.24, 2.45) is 5.92 Å². The van der Waals surface area contributed by atoms with Crippen molar-refractivity contribution in [3.8, 4) is 0 Å². The number of ether oxygens (including phenoxy) is 4. The molecule has 0 radical (unpaired) electrons. The quantitative estimate of drug-likeness (QED) is 0.331. The summed E-state index contributed by atoms with van der Waals surface area (Å²) in [7, 11) is -2.45. The first-order valence-electron chi connectivity index (χ1n) is 12.0. The van der Waals surface area contributed by atoms with E-state index in [1.165, 1.54) is 0 Å². The van der Waals surface area contributed by atoms with Gasteiger partial charge in [0, 0.05) is 5.56 Å². The molecule has 36 heavy (non-hydrogen) atoms. The average molecular weight is 585 g/mol. The smallest absolute Gasteiger partial charge is 0.407 e. The number of hydrogen-bond donors (Lipinski definition) is 2. The molecule has 1 aromatic rings. The summed E-state index contributed by atoms with van der Waals surface area (Å²) in [5.74, 6) is 0.328. The van der Waals surface area contributed by atoms with Gasteiger partial charge in [-0.25, -0.2) is 4.79 Å². The van der Waals surface area contributed by atoms with Gasteiger partial charge < -0.3 is 33.8 Å². The van der Waals surface area contributed by atoms with Gasteiger partial charge in [-0.2, -0.15) is 0 Å². The number of alkyl carbamates (subject to hydrolysis) is 1. The lowest BCUT2D eigenvalue weighted by Gasteiger charge is -2.51. The van der Waals surface area contributed by atoms with Gasteiger partial charge in [0.25, 0.3) is 0 Å². The second-order valence-corrected chi connectivity index (χ2v) is 17.6. The minimum atomic E-state index is -2.45. The van der Waals surface area contributed by atoms with Crippen LogP contribution in [0.15, 0.2) is 30.3 Å². The molecule has 1 aromatic carbocycles. The van der Waals surface area contributed by atoms with Crippen molar-refractivity contribution >= 4 is 49.2 Å². The first-order chi connectivity index (χ1) is 16.6. The highest BCUT2D eigenvalue weighted by molar-refractivity contribution is 6.74. The zero-order chi connectivity index (χ0) is 26.9. The Hall–Kier alpha value is -0.623. The highest BCUT2D eigenvalue weighted by Gasteiger charge is 2.54. The van der Waals surface area contributed by atoms with Crippen LogP contribution < -0.4 is 5.32 Å². The Labute approximate surface area is 228 Å². The van der Waals surface area contributed by atoms with Crippen LogP contribution in [0.5, 0.6) is 0 Å². The van der Waals surface area contributed by atoms with Gasteiger partial charge in [0.15, 0.2) is 20.9 Å². The zero-order valence-electron chi connectivity index (χ0n) is 21.4. The van der Waals surface area contributed by atoms with Crippen LogP contribution in [-0.4, -0.2) is 67.2 Å². The summed E-state index contributed by atoms with van der Waals surface area (Å²) >= 11 is 17.1.